The Kier molecular flexibility index (Phi) is 3.41. The number of rotatable bonds is 1. The van der Waals surface area contributed by atoms with E-state index in [4.69, 9.17) is 0 Å². The van der Waals surface area contributed by atoms with Crippen LogP contribution in [-0.4, -0.2) is 18.3 Å². The van der Waals surface area contributed by atoms with Crippen molar-refractivity contribution < 1.29 is 23.7 Å². The average molecular weight is 259 g/mol. The molecule has 0 radical (unpaired) electrons. The van der Waals surface area contributed by atoms with Crippen LogP contribution in [-0.2, 0) is 0 Å². The highest BCUT2D eigenvalue weighted by molar-refractivity contribution is 5.46. The number of hydrogen-bond acceptors (Lipinski definition) is 3. The first-order valence-corrected chi connectivity index (χ1v) is 5.77. The van der Waals surface area contributed by atoms with Gasteiger partial charge in [-0.25, -0.2) is 0 Å². The van der Waals surface area contributed by atoms with Crippen LogP contribution in [0.5, 0.6) is 11.5 Å². The van der Waals surface area contributed by atoms with Gasteiger partial charge in [-0.1, -0.05) is 12.5 Å². The molecule has 0 aromatic heterocycles. The van der Waals surface area contributed by atoms with E-state index in [1.807, 2.05) is 6.07 Å². The van der Waals surface area contributed by atoms with E-state index in [1.54, 1.807) is 12.1 Å². The number of fused-ring (bicyclic) bond motifs is 1. The maximum atomic E-state index is 12.9. The molecule has 1 fully saturated rings. The second kappa shape index (κ2) is 4.70. The molecule has 1 aromatic carbocycles. The number of halogens is 2. The summed E-state index contributed by atoms with van der Waals surface area (Å²) in [5, 5.41) is 3.36. The number of ether oxygens (including phenoxy) is 2. The van der Waals surface area contributed by atoms with Crippen LogP contribution < -0.4 is 14.8 Å². The van der Waals surface area contributed by atoms with E-state index in [2.05, 4.69) is 14.8 Å². The minimum atomic E-state index is -3.53. The van der Waals surface area contributed by atoms with Crippen molar-refractivity contribution in [1.29, 1.82) is 0 Å². The molecule has 100 valence electrons. The van der Waals surface area contributed by atoms with Gasteiger partial charge in [-0.05, 0) is 37.1 Å². The van der Waals surface area contributed by atoms with Crippen molar-refractivity contribution >= 4 is 0 Å². The Morgan fingerprint density at radius 3 is 2.67 bits per heavy atom. The highest BCUT2D eigenvalue weighted by Crippen LogP contribution is 2.42. The van der Waals surface area contributed by atoms with Crippen molar-refractivity contribution in [3.63, 3.8) is 0 Å². The van der Waals surface area contributed by atoms with Gasteiger partial charge in [-0.2, -0.15) is 0 Å². The fraction of sp³-hybridized carbons (Fsp3) is 0.500. The van der Waals surface area contributed by atoms with Gasteiger partial charge in [0, 0.05) is 6.04 Å². The SMILES string of the molecule is FC1(F)Oc2ccc([C@H]3CCCCN3)cc2O1.O. The van der Waals surface area contributed by atoms with E-state index < -0.39 is 6.29 Å². The zero-order chi connectivity index (χ0) is 11.9. The molecule has 1 saturated heterocycles. The van der Waals surface area contributed by atoms with E-state index in [1.165, 1.54) is 6.42 Å². The van der Waals surface area contributed by atoms with Crippen molar-refractivity contribution in [1.82, 2.24) is 5.32 Å². The van der Waals surface area contributed by atoms with Crippen LogP contribution in [0.2, 0.25) is 0 Å². The van der Waals surface area contributed by atoms with E-state index in [-0.39, 0.29) is 23.0 Å². The zero-order valence-electron chi connectivity index (χ0n) is 9.71. The lowest BCUT2D eigenvalue weighted by atomic mass is 9.97. The second-order valence-electron chi connectivity index (χ2n) is 4.38. The molecule has 6 heteroatoms. The molecular formula is C12H15F2NO3. The third kappa shape index (κ3) is 2.39. The van der Waals surface area contributed by atoms with Crippen LogP contribution in [0.1, 0.15) is 30.9 Å². The predicted octanol–water partition coefficient (Wildman–Crippen LogP) is 2.00. The molecule has 1 atom stereocenters. The summed E-state index contributed by atoms with van der Waals surface area (Å²) in [5.41, 5.74) is 0.977. The third-order valence-electron chi connectivity index (χ3n) is 3.14. The minimum absolute atomic E-state index is 0. The largest absolute Gasteiger partial charge is 0.586 e. The summed E-state index contributed by atoms with van der Waals surface area (Å²) in [6, 6.07) is 5.22. The molecule has 0 unspecified atom stereocenters. The molecule has 3 rings (SSSR count). The lowest BCUT2D eigenvalue weighted by Gasteiger charge is -2.23. The number of alkyl halides is 2. The fourth-order valence-corrected chi connectivity index (χ4v) is 2.32. The number of piperidine rings is 1. The third-order valence-corrected chi connectivity index (χ3v) is 3.14. The summed E-state index contributed by atoms with van der Waals surface area (Å²) in [6.07, 6.45) is -0.182. The number of benzene rings is 1. The number of hydrogen-bond donors (Lipinski definition) is 1. The van der Waals surface area contributed by atoms with Crippen LogP contribution in [0.3, 0.4) is 0 Å². The van der Waals surface area contributed by atoms with Gasteiger partial charge in [0.05, 0.1) is 0 Å². The van der Waals surface area contributed by atoms with Crippen LogP contribution in [0, 0.1) is 0 Å². The molecule has 3 N–H and O–H groups in total. The van der Waals surface area contributed by atoms with Crippen LogP contribution in [0.15, 0.2) is 18.2 Å². The smallest absolute Gasteiger partial charge is 0.412 e. The van der Waals surface area contributed by atoms with E-state index in [0.29, 0.717) is 0 Å². The molecule has 0 saturated carbocycles. The van der Waals surface area contributed by atoms with Crippen LogP contribution >= 0.6 is 0 Å². The van der Waals surface area contributed by atoms with E-state index >= 15 is 0 Å². The minimum Gasteiger partial charge on any atom is -0.412 e. The Balaban J connectivity index is 0.00000120. The topological polar surface area (TPSA) is 62.0 Å². The van der Waals surface area contributed by atoms with Gasteiger partial charge in [0.2, 0.25) is 0 Å². The van der Waals surface area contributed by atoms with Gasteiger partial charge in [0.1, 0.15) is 0 Å². The van der Waals surface area contributed by atoms with Crippen molar-refractivity contribution in [3.05, 3.63) is 23.8 Å². The van der Waals surface area contributed by atoms with Gasteiger partial charge in [-0.3, -0.25) is 0 Å². The van der Waals surface area contributed by atoms with Crippen molar-refractivity contribution in [2.45, 2.75) is 31.6 Å². The standard InChI is InChI=1S/C12H13F2NO2.H2O/c13-12(14)16-10-5-4-8(7-11(10)17-12)9-3-1-2-6-15-9;/h4-5,7,9,15H,1-3,6H2;1H2/t9-;/m1./s1. The summed E-state index contributed by atoms with van der Waals surface area (Å²) in [7, 11) is 0. The number of nitrogens with one attached hydrogen (secondary N) is 1. The predicted molar refractivity (Wildman–Crippen MR) is 60.9 cm³/mol. The van der Waals surface area contributed by atoms with Gasteiger partial charge >= 0.3 is 6.29 Å². The lowest BCUT2D eigenvalue weighted by Crippen LogP contribution is -2.26. The average Bonchev–Trinajstić information content (AvgIpc) is 2.63. The Labute approximate surface area is 103 Å². The Hall–Kier alpha value is -1.40. The van der Waals surface area contributed by atoms with Crippen LogP contribution in [0.25, 0.3) is 0 Å². The lowest BCUT2D eigenvalue weighted by molar-refractivity contribution is -0.286. The maximum absolute atomic E-state index is 12.9. The highest BCUT2D eigenvalue weighted by Gasteiger charge is 2.43. The van der Waals surface area contributed by atoms with E-state index in [9.17, 15) is 8.78 Å². The molecule has 0 amide bonds. The van der Waals surface area contributed by atoms with E-state index in [0.717, 1.165) is 24.9 Å². The molecule has 0 bridgehead atoms. The monoisotopic (exact) mass is 259 g/mol. The first-order chi connectivity index (χ1) is 8.14. The first kappa shape index (κ1) is 13.0. The summed E-state index contributed by atoms with van der Waals surface area (Å²) < 4.78 is 34.5. The van der Waals surface area contributed by atoms with Gasteiger partial charge in [-0.15, -0.1) is 8.78 Å². The maximum Gasteiger partial charge on any atom is 0.586 e. The quantitative estimate of drug-likeness (QED) is 0.839. The summed E-state index contributed by atoms with van der Waals surface area (Å²) in [5.74, 6) is 0.231. The summed E-state index contributed by atoms with van der Waals surface area (Å²) in [6.45, 7) is 0.968. The first-order valence-electron chi connectivity index (χ1n) is 5.77. The van der Waals surface area contributed by atoms with Crippen molar-refractivity contribution in [3.8, 4) is 11.5 Å². The summed E-state index contributed by atoms with van der Waals surface area (Å²) >= 11 is 0. The Morgan fingerprint density at radius 2 is 1.94 bits per heavy atom. The van der Waals surface area contributed by atoms with Gasteiger partial charge < -0.3 is 20.3 Å². The molecule has 18 heavy (non-hydrogen) atoms. The normalized spacial score (nSPS) is 24.4. The Morgan fingerprint density at radius 1 is 1.17 bits per heavy atom. The van der Waals surface area contributed by atoms with Crippen molar-refractivity contribution in [2.24, 2.45) is 0 Å². The molecule has 0 spiro atoms. The van der Waals surface area contributed by atoms with Crippen molar-refractivity contribution in [2.75, 3.05) is 6.54 Å². The summed E-state index contributed by atoms with van der Waals surface area (Å²) in [4.78, 5) is 0. The fourth-order valence-electron chi connectivity index (χ4n) is 2.32. The highest BCUT2D eigenvalue weighted by atomic mass is 19.3. The van der Waals surface area contributed by atoms with Gasteiger partial charge in [0.15, 0.2) is 11.5 Å². The molecule has 4 nitrogen and oxygen atoms in total. The van der Waals surface area contributed by atoms with Crippen LogP contribution in [0.4, 0.5) is 8.78 Å². The van der Waals surface area contributed by atoms with Gasteiger partial charge in [0.25, 0.3) is 0 Å². The Bertz CT molecular complexity index is 433. The molecule has 2 heterocycles. The molecule has 1 aromatic rings. The molecule has 0 aliphatic carbocycles. The molecule has 2 aliphatic heterocycles. The second-order valence-corrected chi connectivity index (χ2v) is 4.38. The molecular weight excluding hydrogens is 244 g/mol. The molecule has 2 aliphatic rings. The zero-order valence-corrected chi connectivity index (χ0v) is 9.71.